The summed E-state index contributed by atoms with van der Waals surface area (Å²) in [5, 5.41) is 15.5. The number of rotatable bonds is 6. The zero-order chi connectivity index (χ0) is 21.0. The molecule has 2 rings (SSSR count). The summed E-state index contributed by atoms with van der Waals surface area (Å²) in [6.07, 6.45) is 5.56. The number of benzene rings is 1. The molecule has 1 aromatic heterocycles. The third kappa shape index (κ3) is 4.27. The van der Waals surface area contributed by atoms with Crippen LogP contribution >= 0.6 is 15.9 Å². The molecule has 0 bridgehead atoms. The van der Waals surface area contributed by atoms with E-state index in [0.717, 1.165) is 21.4 Å². The van der Waals surface area contributed by atoms with E-state index in [9.17, 15) is 14.4 Å². The van der Waals surface area contributed by atoms with Crippen molar-refractivity contribution in [2.45, 2.75) is 53.9 Å². The molecular formula is C22H26BrFN2O2. The number of hydrogen-bond donors (Lipinski definition) is 1. The van der Waals surface area contributed by atoms with Crippen molar-refractivity contribution in [3.05, 3.63) is 73.4 Å². The quantitative estimate of drug-likeness (QED) is 0.368. The molecule has 28 heavy (non-hydrogen) atoms. The van der Waals surface area contributed by atoms with Gasteiger partial charge in [-0.3, -0.25) is 4.79 Å². The van der Waals surface area contributed by atoms with E-state index in [0.29, 0.717) is 46.4 Å². The number of carbonyl (C=O) groups excluding carboxylic acids is 1. The first-order valence-corrected chi connectivity index (χ1v) is 10.2. The van der Waals surface area contributed by atoms with Crippen molar-refractivity contribution in [3.8, 4) is 0 Å². The standard InChI is InChI=1S/C22H26BrFN2O2/c1-6-9-10-18-13(4)26(28)14(5)19(20(18)23)22(27)25-21-15(7-2)11-17(24)12-16(21)8-3/h6,9,11-12H,7-8,10H2,1-5H3,(H,25,27). The van der Waals surface area contributed by atoms with Gasteiger partial charge in [-0.05, 0) is 65.4 Å². The fourth-order valence-electron chi connectivity index (χ4n) is 3.30. The van der Waals surface area contributed by atoms with Crippen LogP contribution in [0.1, 0.15) is 59.2 Å². The van der Waals surface area contributed by atoms with E-state index in [1.54, 1.807) is 13.8 Å². The Morgan fingerprint density at radius 1 is 1.21 bits per heavy atom. The Bertz CT molecular complexity index is 914. The van der Waals surface area contributed by atoms with Gasteiger partial charge >= 0.3 is 0 Å². The molecule has 2 aromatic rings. The highest BCUT2D eigenvalue weighted by Crippen LogP contribution is 2.29. The Balaban J connectivity index is 2.58. The highest BCUT2D eigenvalue weighted by atomic mass is 79.9. The van der Waals surface area contributed by atoms with E-state index in [1.165, 1.54) is 12.1 Å². The fourth-order valence-corrected chi connectivity index (χ4v) is 4.22. The molecule has 1 aromatic carbocycles. The zero-order valence-corrected chi connectivity index (χ0v) is 18.5. The van der Waals surface area contributed by atoms with E-state index in [2.05, 4.69) is 21.2 Å². The Hall–Kier alpha value is -2.21. The van der Waals surface area contributed by atoms with Crippen molar-refractivity contribution in [2.24, 2.45) is 0 Å². The molecule has 1 amide bonds. The summed E-state index contributed by atoms with van der Waals surface area (Å²) in [7, 11) is 0. The average Bonchev–Trinajstić information content (AvgIpc) is 2.67. The molecule has 1 N–H and O–H groups in total. The molecule has 0 fully saturated rings. The lowest BCUT2D eigenvalue weighted by Gasteiger charge is -2.18. The van der Waals surface area contributed by atoms with Crippen LogP contribution in [0.5, 0.6) is 0 Å². The molecular weight excluding hydrogens is 423 g/mol. The maximum Gasteiger partial charge on any atom is 0.263 e. The second kappa shape index (κ2) is 9.32. The molecule has 0 saturated heterocycles. The van der Waals surface area contributed by atoms with Crippen molar-refractivity contribution in [1.29, 1.82) is 0 Å². The van der Waals surface area contributed by atoms with Crippen LogP contribution in [0.4, 0.5) is 10.1 Å². The van der Waals surface area contributed by atoms with Gasteiger partial charge in [-0.1, -0.05) is 26.0 Å². The molecule has 0 unspecified atom stereocenters. The van der Waals surface area contributed by atoms with Gasteiger partial charge in [0.2, 0.25) is 5.69 Å². The zero-order valence-electron chi connectivity index (χ0n) is 17.0. The lowest BCUT2D eigenvalue weighted by molar-refractivity contribution is -0.619. The van der Waals surface area contributed by atoms with Crippen molar-refractivity contribution in [2.75, 3.05) is 5.32 Å². The number of carbonyl (C=O) groups is 1. The van der Waals surface area contributed by atoms with E-state index >= 15 is 0 Å². The Labute approximate surface area is 174 Å². The molecule has 1 heterocycles. The van der Waals surface area contributed by atoms with E-state index in [1.807, 2.05) is 32.9 Å². The van der Waals surface area contributed by atoms with Gasteiger partial charge in [0.1, 0.15) is 11.4 Å². The lowest BCUT2D eigenvalue weighted by Crippen LogP contribution is -2.38. The van der Waals surface area contributed by atoms with Crippen LogP contribution in [-0.4, -0.2) is 5.91 Å². The number of allylic oxidation sites excluding steroid dienone is 2. The van der Waals surface area contributed by atoms with Gasteiger partial charge in [-0.25, -0.2) is 4.39 Å². The number of halogens is 2. The predicted octanol–water partition coefficient (Wildman–Crippen LogP) is 5.33. The minimum atomic E-state index is -0.383. The van der Waals surface area contributed by atoms with Crippen molar-refractivity contribution in [3.63, 3.8) is 0 Å². The van der Waals surface area contributed by atoms with Crippen molar-refractivity contribution < 1.29 is 13.9 Å². The highest BCUT2D eigenvalue weighted by Gasteiger charge is 2.27. The van der Waals surface area contributed by atoms with Gasteiger partial charge in [0.25, 0.3) is 5.91 Å². The molecule has 0 aliphatic heterocycles. The normalized spacial score (nSPS) is 11.2. The number of pyridine rings is 1. The van der Waals surface area contributed by atoms with Gasteiger partial charge in [0.05, 0.1) is 0 Å². The van der Waals surface area contributed by atoms with Crippen LogP contribution in [0.3, 0.4) is 0 Å². The molecule has 0 radical (unpaired) electrons. The number of anilines is 1. The SMILES string of the molecule is CC=CCc1c(Br)c(C(=O)Nc2c(CC)cc(F)cc2CC)c(C)[n+]([O-])c1C. The van der Waals surface area contributed by atoms with E-state index in [-0.39, 0.29) is 11.7 Å². The molecule has 6 heteroatoms. The van der Waals surface area contributed by atoms with Crippen molar-refractivity contribution >= 4 is 27.5 Å². The molecule has 0 saturated carbocycles. The Morgan fingerprint density at radius 2 is 1.79 bits per heavy atom. The number of aryl methyl sites for hydroxylation is 2. The molecule has 0 aliphatic rings. The predicted molar refractivity (Wildman–Crippen MR) is 114 cm³/mol. The third-order valence-electron chi connectivity index (χ3n) is 4.94. The smallest absolute Gasteiger partial charge is 0.263 e. The molecule has 4 nitrogen and oxygen atoms in total. The van der Waals surface area contributed by atoms with Crippen LogP contribution in [-0.2, 0) is 19.3 Å². The number of nitrogens with zero attached hydrogens (tertiary/aromatic N) is 1. The first kappa shape index (κ1) is 22.1. The highest BCUT2D eigenvalue weighted by molar-refractivity contribution is 9.10. The van der Waals surface area contributed by atoms with Crippen LogP contribution in [0, 0.1) is 24.9 Å². The second-order valence-electron chi connectivity index (χ2n) is 6.67. The fraction of sp³-hybridized carbons (Fsp3) is 0.364. The Kier molecular flexibility index (Phi) is 7.35. The van der Waals surface area contributed by atoms with E-state index < -0.39 is 0 Å². The molecule has 0 aliphatic carbocycles. The summed E-state index contributed by atoms with van der Waals surface area (Å²) in [5.74, 6) is -0.697. The minimum Gasteiger partial charge on any atom is -0.618 e. The third-order valence-corrected chi connectivity index (χ3v) is 5.82. The number of hydrogen-bond acceptors (Lipinski definition) is 2. The lowest BCUT2D eigenvalue weighted by atomic mass is 10.0. The first-order chi connectivity index (χ1) is 13.3. The summed E-state index contributed by atoms with van der Waals surface area (Å²) in [5.41, 5.74) is 4.04. The number of amides is 1. The van der Waals surface area contributed by atoms with Crippen LogP contribution in [0.15, 0.2) is 28.8 Å². The Morgan fingerprint density at radius 3 is 2.29 bits per heavy atom. The van der Waals surface area contributed by atoms with Crippen LogP contribution in [0.25, 0.3) is 0 Å². The summed E-state index contributed by atoms with van der Waals surface area (Å²) >= 11 is 3.54. The maximum absolute atomic E-state index is 13.9. The molecule has 0 spiro atoms. The van der Waals surface area contributed by atoms with Gasteiger partial charge in [-0.15, -0.1) is 0 Å². The largest absolute Gasteiger partial charge is 0.618 e. The number of nitrogens with one attached hydrogen (secondary N) is 1. The second-order valence-corrected chi connectivity index (χ2v) is 7.46. The van der Waals surface area contributed by atoms with Crippen LogP contribution in [0.2, 0.25) is 0 Å². The minimum absolute atomic E-state index is 0.300. The molecule has 150 valence electrons. The summed E-state index contributed by atoms with van der Waals surface area (Å²) < 4.78 is 15.3. The van der Waals surface area contributed by atoms with Gasteiger partial charge in [0, 0.05) is 29.6 Å². The monoisotopic (exact) mass is 448 g/mol. The summed E-state index contributed by atoms with van der Waals surface area (Å²) in [4.78, 5) is 13.2. The maximum atomic E-state index is 13.9. The van der Waals surface area contributed by atoms with Gasteiger partial charge < -0.3 is 10.5 Å². The summed E-state index contributed by atoms with van der Waals surface area (Å²) in [6.45, 7) is 9.11. The molecule has 0 atom stereocenters. The van der Waals surface area contributed by atoms with E-state index in [4.69, 9.17) is 0 Å². The van der Waals surface area contributed by atoms with Gasteiger partial charge in [0.15, 0.2) is 5.69 Å². The summed E-state index contributed by atoms with van der Waals surface area (Å²) in [6, 6.07) is 2.88. The average molecular weight is 449 g/mol. The van der Waals surface area contributed by atoms with Gasteiger partial charge in [-0.2, -0.15) is 4.73 Å². The van der Waals surface area contributed by atoms with Crippen molar-refractivity contribution in [1.82, 2.24) is 0 Å². The first-order valence-electron chi connectivity index (χ1n) is 9.41. The number of aromatic nitrogens is 1. The topological polar surface area (TPSA) is 56.0 Å². The van der Waals surface area contributed by atoms with Crippen LogP contribution < -0.4 is 10.0 Å².